The predicted molar refractivity (Wildman–Crippen MR) is 148 cm³/mol. The highest BCUT2D eigenvalue weighted by atomic mass is 15.2. The fourth-order valence-electron chi connectivity index (χ4n) is 4.99. The van der Waals surface area contributed by atoms with Crippen LogP contribution in [0, 0.1) is 0 Å². The van der Waals surface area contributed by atoms with Crippen molar-refractivity contribution in [3.8, 4) is 11.4 Å². The Labute approximate surface area is 207 Å². The Balaban J connectivity index is 1.55. The number of nitrogens with one attached hydrogen (secondary N) is 2. The molecule has 5 rings (SSSR count). The summed E-state index contributed by atoms with van der Waals surface area (Å²) in [5.74, 6) is 1.07. The van der Waals surface area contributed by atoms with Gasteiger partial charge in [-0.1, -0.05) is 30.9 Å². The minimum atomic E-state index is 0.850. The standard InChI is InChI=1S/C29H34N6/c1-5-20(19-34(3)4)16-21(6-2)22-10-11-26-23(17-22)28(33-32-26)27-18-24-25(31-27)12-13-30-29(24)35-14-8-7-9-15-35/h5-6,10-13,16-18,31H,1,7-9,14-15,19H2,2-4H3,(H,32,33)/b20-16+,21-6+. The smallest absolute Gasteiger partial charge is 0.137 e. The summed E-state index contributed by atoms with van der Waals surface area (Å²) < 4.78 is 0. The number of nitrogens with zero attached hydrogens (tertiary/aromatic N) is 4. The Kier molecular flexibility index (Phi) is 6.55. The zero-order chi connectivity index (χ0) is 24.4. The number of fused-ring (bicyclic) bond motifs is 2. The number of hydrogen-bond acceptors (Lipinski definition) is 4. The van der Waals surface area contributed by atoms with E-state index >= 15 is 0 Å². The molecule has 2 N–H and O–H groups in total. The monoisotopic (exact) mass is 466 g/mol. The lowest BCUT2D eigenvalue weighted by atomic mass is 10.00. The third-order valence-electron chi connectivity index (χ3n) is 6.75. The van der Waals surface area contributed by atoms with Gasteiger partial charge in [0.15, 0.2) is 0 Å². The van der Waals surface area contributed by atoms with Gasteiger partial charge in [0, 0.05) is 36.6 Å². The van der Waals surface area contributed by atoms with Crippen molar-refractivity contribution in [2.75, 3.05) is 38.6 Å². The van der Waals surface area contributed by atoms with E-state index in [9.17, 15) is 0 Å². The van der Waals surface area contributed by atoms with Gasteiger partial charge in [-0.05, 0) is 81.3 Å². The lowest BCUT2D eigenvalue weighted by molar-refractivity contribution is 0.449. The normalized spacial score (nSPS) is 15.5. The number of aromatic amines is 2. The van der Waals surface area contributed by atoms with Crippen molar-refractivity contribution in [2.24, 2.45) is 0 Å². The lowest BCUT2D eigenvalue weighted by Crippen LogP contribution is -2.30. The number of aromatic nitrogens is 4. The third kappa shape index (κ3) is 4.66. The maximum absolute atomic E-state index is 4.74. The summed E-state index contributed by atoms with van der Waals surface area (Å²) in [6.45, 7) is 9.07. The van der Waals surface area contributed by atoms with E-state index < -0.39 is 0 Å². The van der Waals surface area contributed by atoms with E-state index in [0.717, 1.165) is 64.2 Å². The van der Waals surface area contributed by atoms with Gasteiger partial charge in [0.05, 0.1) is 16.7 Å². The van der Waals surface area contributed by atoms with E-state index in [0.29, 0.717) is 0 Å². The van der Waals surface area contributed by atoms with Crippen LogP contribution in [0.3, 0.4) is 0 Å². The van der Waals surface area contributed by atoms with Crippen LogP contribution in [0.15, 0.2) is 66.9 Å². The average molecular weight is 467 g/mol. The van der Waals surface area contributed by atoms with Crippen molar-refractivity contribution in [3.05, 3.63) is 72.5 Å². The molecule has 0 unspecified atom stereocenters. The van der Waals surface area contributed by atoms with Crippen molar-refractivity contribution in [1.29, 1.82) is 0 Å². The van der Waals surface area contributed by atoms with E-state index in [2.05, 4.69) is 90.0 Å². The Bertz CT molecular complexity index is 1410. The number of pyridine rings is 1. The SMILES string of the molecule is C=C/C(=C\C(=C/C)c1ccc2[nH]nc(-c3cc4c(N5CCCCC5)nccc4[nH]3)c2c1)CN(C)C. The van der Waals surface area contributed by atoms with E-state index in [-0.39, 0.29) is 0 Å². The van der Waals surface area contributed by atoms with E-state index in [1.807, 2.05) is 12.3 Å². The molecule has 0 atom stereocenters. The second kappa shape index (κ2) is 9.92. The summed E-state index contributed by atoms with van der Waals surface area (Å²) in [7, 11) is 4.14. The van der Waals surface area contributed by atoms with Crippen LogP contribution in [-0.2, 0) is 0 Å². The van der Waals surface area contributed by atoms with Crippen LogP contribution in [0.1, 0.15) is 31.7 Å². The largest absolute Gasteiger partial charge is 0.356 e. The Hall–Kier alpha value is -3.64. The number of rotatable bonds is 7. The highest BCUT2D eigenvalue weighted by Gasteiger charge is 2.18. The molecule has 0 saturated carbocycles. The molecule has 0 bridgehead atoms. The number of likely N-dealkylation sites (N-methyl/N-ethyl adjacent to an activating group) is 1. The number of anilines is 1. The topological polar surface area (TPSA) is 63.8 Å². The Morgan fingerprint density at radius 3 is 2.66 bits per heavy atom. The zero-order valence-corrected chi connectivity index (χ0v) is 20.9. The van der Waals surface area contributed by atoms with Gasteiger partial charge < -0.3 is 14.8 Å². The molecular formula is C29H34N6. The molecule has 3 aromatic heterocycles. The quantitative estimate of drug-likeness (QED) is 0.320. The summed E-state index contributed by atoms with van der Waals surface area (Å²) >= 11 is 0. The van der Waals surface area contributed by atoms with Crippen LogP contribution in [0.5, 0.6) is 0 Å². The first-order valence-electron chi connectivity index (χ1n) is 12.4. The predicted octanol–water partition coefficient (Wildman–Crippen LogP) is 6.17. The first kappa shape index (κ1) is 23.1. The van der Waals surface area contributed by atoms with Crippen molar-refractivity contribution >= 4 is 33.2 Å². The highest BCUT2D eigenvalue weighted by Crippen LogP contribution is 2.34. The fraction of sp³-hybridized carbons (Fsp3) is 0.310. The summed E-state index contributed by atoms with van der Waals surface area (Å²) in [5.41, 5.74) is 7.57. The number of piperidine rings is 1. The number of allylic oxidation sites excluding steroid dienone is 3. The molecule has 1 fully saturated rings. The van der Waals surface area contributed by atoms with Gasteiger partial charge in [-0.3, -0.25) is 5.10 Å². The van der Waals surface area contributed by atoms with Crippen LogP contribution in [0.4, 0.5) is 5.82 Å². The van der Waals surface area contributed by atoms with Crippen molar-refractivity contribution in [3.63, 3.8) is 0 Å². The van der Waals surface area contributed by atoms with Gasteiger partial charge in [-0.15, -0.1) is 0 Å². The maximum Gasteiger partial charge on any atom is 0.137 e. The summed E-state index contributed by atoms with van der Waals surface area (Å²) in [6.07, 6.45) is 12.0. The molecule has 4 heterocycles. The molecule has 6 heteroatoms. The molecule has 1 aliphatic rings. The van der Waals surface area contributed by atoms with Gasteiger partial charge in [0.25, 0.3) is 0 Å². The van der Waals surface area contributed by atoms with E-state index in [1.54, 1.807) is 0 Å². The van der Waals surface area contributed by atoms with Gasteiger partial charge in [0.2, 0.25) is 0 Å². The second-order valence-corrected chi connectivity index (χ2v) is 9.56. The Morgan fingerprint density at radius 2 is 1.91 bits per heavy atom. The van der Waals surface area contributed by atoms with Crippen molar-refractivity contribution in [2.45, 2.75) is 26.2 Å². The highest BCUT2D eigenvalue weighted by molar-refractivity contribution is 6.00. The minimum Gasteiger partial charge on any atom is -0.356 e. The molecule has 6 nitrogen and oxygen atoms in total. The molecule has 0 radical (unpaired) electrons. The van der Waals surface area contributed by atoms with Crippen LogP contribution in [0.2, 0.25) is 0 Å². The Morgan fingerprint density at radius 1 is 1.09 bits per heavy atom. The molecule has 35 heavy (non-hydrogen) atoms. The molecule has 1 aliphatic heterocycles. The van der Waals surface area contributed by atoms with Crippen molar-refractivity contribution in [1.82, 2.24) is 25.1 Å². The number of H-pyrrole nitrogens is 2. The molecule has 1 aromatic carbocycles. The average Bonchev–Trinajstić information content (AvgIpc) is 3.50. The third-order valence-corrected chi connectivity index (χ3v) is 6.75. The van der Waals surface area contributed by atoms with Crippen LogP contribution < -0.4 is 4.90 Å². The zero-order valence-electron chi connectivity index (χ0n) is 20.9. The second-order valence-electron chi connectivity index (χ2n) is 9.56. The first-order valence-corrected chi connectivity index (χ1v) is 12.4. The molecule has 0 spiro atoms. The number of benzene rings is 1. The fourth-order valence-corrected chi connectivity index (χ4v) is 4.99. The van der Waals surface area contributed by atoms with Gasteiger partial charge in [0.1, 0.15) is 11.5 Å². The maximum atomic E-state index is 4.74. The summed E-state index contributed by atoms with van der Waals surface area (Å²) in [6, 6.07) is 10.7. The molecule has 0 aliphatic carbocycles. The molecule has 4 aromatic rings. The summed E-state index contributed by atoms with van der Waals surface area (Å²) in [4.78, 5) is 12.9. The molecular weight excluding hydrogens is 432 g/mol. The van der Waals surface area contributed by atoms with Gasteiger partial charge in [-0.25, -0.2) is 4.98 Å². The van der Waals surface area contributed by atoms with Gasteiger partial charge >= 0.3 is 0 Å². The minimum absolute atomic E-state index is 0.850. The lowest BCUT2D eigenvalue weighted by Gasteiger charge is -2.28. The van der Waals surface area contributed by atoms with Crippen LogP contribution in [-0.4, -0.2) is 58.8 Å². The molecule has 1 saturated heterocycles. The first-order chi connectivity index (χ1) is 17.1. The van der Waals surface area contributed by atoms with Crippen LogP contribution in [0.25, 0.3) is 38.8 Å². The van der Waals surface area contributed by atoms with E-state index in [1.165, 1.54) is 30.4 Å². The van der Waals surface area contributed by atoms with Crippen molar-refractivity contribution < 1.29 is 0 Å². The molecule has 180 valence electrons. The van der Waals surface area contributed by atoms with Crippen LogP contribution >= 0.6 is 0 Å². The molecule has 0 amide bonds. The van der Waals surface area contributed by atoms with E-state index in [4.69, 9.17) is 10.1 Å². The summed E-state index contributed by atoms with van der Waals surface area (Å²) in [5, 5.41) is 10.2. The number of hydrogen-bond donors (Lipinski definition) is 2. The van der Waals surface area contributed by atoms with Gasteiger partial charge in [-0.2, -0.15) is 5.10 Å².